The zero-order valence-corrected chi connectivity index (χ0v) is 9.39. The van der Waals surface area contributed by atoms with Crippen LogP contribution >= 0.6 is 0 Å². The Balaban J connectivity index is 2.03. The van der Waals surface area contributed by atoms with Crippen molar-refractivity contribution in [2.75, 3.05) is 0 Å². The summed E-state index contributed by atoms with van der Waals surface area (Å²) in [4.78, 5) is 15.5. The number of carboxylic acid groups (broad SMARTS) is 1. The van der Waals surface area contributed by atoms with Gasteiger partial charge < -0.3 is 5.11 Å². The van der Waals surface area contributed by atoms with Crippen molar-refractivity contribution in [2.45, 2.75) is 24.7 Å². The number of carboxylic acids is 1. The van der Waals surface area contributed by atoms with Gasteiger partial charge in [-0.3, -0.25) is 9.78 Å². The van der Waals surface area contributed by atoms with Crippen LogP contribution in [0.15, 0.2) is 36.4 Å². The van der Waals surface area contributed by atoms with Crippen molar-refractivity contribution in [1.82, 2.24) is 4.98 Å². The molecule has 2 aromatic rings. The first-order valence-electron chi connectivity index (χ1n) is 5.78. The third-order valence-corrected chi connectivity index (χ3v) is 3.48. The molecule has 0 amide bonds. The molecule has 0 bridgehead atoms. The Morgan fingerprint density at radius 3 is 2.71 bits per heavy atom. The number of rotatable bonds is 3. The maximum Gasteiger partial charge on any atom is 0.304 e. The summed E-state index contributed by atoms with van der Waals surface area (Å²) in [5.41, 5.74) is 1.68. The Morgan fingerprint density at radius 1 is 1.24 bits per heavy atom. The minimum absolute atomic E-state index is 0.193. The van der Waals surface area contributed by atoms with Gasteiger partial charge in [0, 0.05) is 16.5 Å². The van der Waals surface area contributed by atoms with Crippen molar-refractivity contribution in [3.63, 3.8) is 0 Å². The molecule has 0 radical (unpaired) electrons. The first kappa shape index (κ1) is 10.3. The molecule has 17 heavy (non-hydrogen) atoms. The van der Waals surface area contributed by atoms with Crippen LogP contribution in [-0.2, 0) is 10.2 Å². The number of aliphatic carboxylic acids is 1. The number of benzene rings is 1. The molecular formula is C14H13NO2. The summed E-state index contributed by atoms with van der Waals surface area (Å²) >= 11 is 0. The number of carbonyl (C=O) groups is 1. The first-order chi connectivity index (χ1) is 8.20. The number of nitrogens with zero attached hydrogens (tertiary/aromatic N) is 1. The monoisotopic (exact) mass is 227 g/mol. The zero-order valence-electron chi connectivity index (χ0n) is 9.39. The summed E-state index contributed by atoms with van der Waals surface area (Å²) < 4.78 is 0. The van der Waals surface area contributed by atoms with Crippen LogP contribution < -0.4 is 0 Å². The van der Waals surface area contributed by atoms with Gasteiger partial charge in [0.2, 0.25) is 0 Å². The molecule has 3 rings (SSSR count). The molecule has 1 heterocycles. The predicted molar refractivity (Wildman–Crippen MR) is 64.9 cm³/mol. The van der Waals surface area contributed by atoms with Gasteiger partial charge >= 0.3 is 5.97 Å². The van der Waals surface area contributed by atoms with Gasteiger partial charge in [0.25, 0.3) is 0 Å². The van der Waals surface area contributed by atoms with Gasteiger partial charge in [0.05, 0.1) is 11.9 Å². The van der Waals surface area contributed by atoms with Crippen molar-refractivity contribution in [3.8, 4) is 0 Å². The fourth-order valence-corrected chi connectivity index (χ4v) is 2.33. The van der Waals surface area contributed by atoms with Crippen molar-refractivity contribution in [3.05, 3.63) is 42.1 Å². The van der Waals surface area contributed by atoms with Gasteiger partial charge in [0.15, 0.2) is 0 Å². The molecular weight excluding hydrogens is 214 g/mol. The Labute approximate surface area is 99.1 Å². The van der Waals surface area contributed by atoms with E-state index in [1.54, 1.807) is 0 Å². The molecule has 0 aliphatic heterocycles. The van der Waals surface area contributed by atoms with E-state index in [0.717, 1.165) is 29.4 Å². The maximum absolute atomic E-state index is 10.9. The topological polar surface area (TPSA) is 50.2 Å². The molecule has 3 heteroatoms. The van der Waals surface area contributed by atoms with Gasteiger partial charge in [0.1, 0.15) is 0 Å². The Bertz CT molecular complexity index is 588. The second kappa shape index (κ2) is 3.55. The van der Waals surface area contributed by atoms with Gasteiger partial charge in [-0.25, -0.2) is 0 Å². The van der Waals surface area contributed by atoms with Crippen LogP contribution in [0.4, 0.5) is 0 Å². The number of aromatic nitrogens is 1. The second-order valence-electron chi connectivity index (χ2n) is 4.74. The molecule has 1 saturated carbocycles. The average Bonchev–Trinajstić information content (AvgIpc) is 3.08. The van der Waals surface area contributed by atoms with Crippen LogP contribution in [0.1, 0.15) is 25.0 Å². The molecule has 86 valence electrons. The van der Waals surface area contributed by atoms with E-state index in [2.05, 4.69) is 4.98 Å². The molecule has 3 nitrogen and oxygen atoms in total. The Morgan fingerprint density at radius 2 is 2.00 bits per heavy atom. The summed E-state index contributed by atoms with van der Waals surface area (Å²) in [6.07, 6.45) is 2.06. The van der Waals surface area contributed by atoms with Gasteiger partial charge in [-0.2, -0.15) is 0 Å². The highest BCUT2D eigenvalue weighted by atomic mass is 16.4. The Hall–Kier alpha value is -1.90. The molecule has 0 spiro atoms. The smallest absolute Gasteiger partial charge is 0.304 e. The van der Waals surface area contributed by atoms with E-state index in [9.17, 15) is 4.79 Å². The Kier molecular flexibility index (Phi) is 2.15. The normalized spacial score (nSPS) is 16.9. The highest BCUT2D eigenvalue weighted by molar-refractivity contribution is 5.79. The van der Waals surface area contributed by atoms with E-state index in [0.29, 0.717) is 0 Å². The van der Waals surface area contributed by atoms with Crippen LogP contribution in [0.5, 0.6) is 0 Å². The fourth-order valence-electron chi connectivity index (χ4n) is 2.33. The van der Waals surface area contributed by atoms with E-state index >= 15 is 0 Å². The van der Waals surface area contributed by atoms with Crippen molar-refractivity contribution >= 4 is 16.9 Å². The van der Waals surface area contributed by atoms with Gasteiger partial charge in [-0.1, -0.05) is 24.3 Å². The minimum Gasteiger partial charge on any atom is -0.481 e. The standard InChI is InChI=1S/C14H13NO2/c16-13(17)9-14(7-8-14)12-6-5-10-3-1-2-4-11(10)15-12/h1-6H,7-9H2,(H,16,17). The average molecular weight is 227 g/mol. The van der Waals surface area contributed by atoms with Crippen LogP contribution in [0, 0.1) is 0 Å². The molecule has 0 unspecified atom stereocenters. The lowest BCUT2D eigenvalue weighted by Crippen LogP contribution is -2.14. The summed E-state index contributed by atoms with van der Waals surface area (Å²) in [7, 11) is 0. The third-order valence-electron chi connectivity index (χ3n) is 3.48. The van der Waals surface area contributed by atoms with Crippen LogP contribution in [-0.4, -0.2) is 16.1 Å². The van der Waals surface area contributed by atoms with E-state index in [4.69, 9.17) is 5.11 Å². The summed E-state index contributed by atoms with van der Waals surface area (Å²) in [6.45, 7) is 0. The van der Waals surface area contributed by atoms with Crippen molar-refractivity contribution in [2.24, 2.45) is 0 Å². The molecule has 1 aliphatic carbocycles. The number of para-hydroxylation sites is 1. The lowest BCUT2D eigenvalue weighted by molar-refractivity contribution is -0.137. The highest BCUT2D eigenvalue weighted by Crippen LogP contribution is 2.50. The number of pyridine rings is 1. The molecule has 0 saturated heterocycles. The fraction of sp³-hybridized carbons (Fsp3) is 0.286. The third kappa shape index (κ3) is 1.78. The first-order valence-corrected chi connectivity index (χ1v) is 5.78. The summed E-state index contributed by atoms with van der Waals surface area (Å²) in [5, 5.41) is 10.0. The minimum atomic E-state index is -0.738. The van der Waals surface area contributed by atoms with Gasteiger partial charge in [-0.15, -0.1) is 0 Å². The van der Waals surface area contributed by atoms with Crippen LogP contribution in [0.3, 0.4) is 0 Å². The predicted octanol–water partition coefficient (Wildman–Crippen LogP) is 2.74. The molecule has 1 aromatic heterocycles. The number of fused-ring (bicyclic) bond motifs is 1. The number of hydrogen-bond acceptors (Lipinski definition) is 2. The molecule has 1 aliphatic rings. The van der Waals surface area contributed by atoms with E-state index in [1.165, 1.54) is 0 Å². The van der Waals surface area contributed by atoms with Crippen molar-refractivity contribution < 1.29 is 9.90 Å². The largest absolute Gasteiger partial charge is 0.481 e. The van der Waals surface area contributed by atoms with E-state index in [-0.39, 0.29) is 11.8 Å². The second-order valence-corrected chi connectivity index (χ2v) is 4.74. The molecule has 1 N–H and O–H groups in total. The van der Waals surface area contributed by atoms with E-state index in [1.807, 2.05) is 36.4 Å². The number of hydrogen-bond donors (Lipinski definition) is 1. The lowest BCUT2D eigenvalue weighted by Gasteiger charge is -2.12. The quantitative estimate of drug-likeness (QED) is 0.877. The lowest BCUT2D eigenvalue weighted by atomic mass is 9.97. The zero-order chi connectivity index (χ0) is 11.9. The summed E-state index contributed by atoms with van der Waals surface area (Å²) in [5.74, 6) is -0.738. The molecule has 1 fully saturated rings. The molecule has 1 aromatic carbocycles. The summed E-state index contributed by atoms with van der Waals surface area (Å²) in [6, 6.07) is 11.9. The van der Waals surface area contributed by atoms with Crippen LogP contribution in [0.25, 0.3) is 10.9 Å². The van der Waals surface area contributed by atoms with Crippen LogP contribution in [0.2, 0.25) is 0 Å². The van der Waals surface area contributed by atoms with Gasteiger partial charge in [-0.05, 0) is 25.0 Å². The molecule has 0 atom stereocenters. The van der Waals surface area contributed by atoms with E-state index < -0.39 is 5.97 Å². The maximum atomic E-state index is 10.9. The SMILES string of the molecule is O=C(O)CC1(c2ccc3ccccc3n2)CC1. The highest BCUT2D eigenvalue weighted by Gasteiger charge is 2.47. The van der Waals surface area contributed by atoms with Crippen molar-refractivity contribution in [1.29, 1.82) is 0 Å².